The van der Waals surface area contributed by atoms with Crippen molar-refractivity contribution >= 4 is 7.32 Å². The number of hydrogen-bond acceptors (Lipinski definition) is 4. The van der Waals surface area contributed by atoms with E-state index >= 15 is 0 Å². The Morgan fingerprint density at radius 1 is 1.46 bits per heavy atom. The topological polar surface area (TPSA) is 67.5 Å². The van der Waals surface area contributed by atoms with Gasteiger partial charge in [0.05, 0.1) is 6.20 Å². The Kier molecular flexibility index (Phi) is 2.48. The highest BCUT2D eigenvalue weighted by Crippen LogP contribution is 2.26. The van der Waals surface area contributed by atoms with Crippen molar-refractivity contribution in [3.05, 3.63) is 18.0 Å². The smallest absolute Gasteiger partial charge is 0.405 e. The van der Waals surface area contributed by atoms with E-state index in [2.05, 4.69) is 9.85 Å². The Hall–Kier alpha value is -1.22. The van der Waals surface area contributed by atoms with Crippen LogP contribution in [-0.4, -0.2) is 27.3 Å². The van der Waals surface area contributed by atoms with E-state index in [0.29, 0.717) is 10.9 Å². The van der Waals surface area contributed by atoms with Crippen LogP contribution in [0.2, 0.25) is 0 Å². The van der Waals surface area contributed by atoms with Crippen LogP contribution in [0.25, 0.3) is 0 Å². The third kappa shape index (κ3) is 2.63. The van der Waals surface area contributed by atoms with Crippen molar-refractivity contribution in [3.63, 3.8) is 0 Å². The van der Waals surface area contributed by atoms with Crippen molar-refractivity contribution in [3.8, 4) is 0 Å². The van der Waals surface area contributed by atoms with Gasteiger partial charge in [0.2, 0.25) is 0 Å². The van der Waals surface area contributed by atoms with Gasteiger partial charge in [0.1, 0.15) is 0 Å². The van der Waals surface area contributed by atoms with Gasteiger partial charge in [-0.1, -0.05) is 0 Å². The Bertz CT molecular complexity index is 286. The molecule has 5 nitrogen and oxygen atoms in total. The van der Waals surface area contributed by atoms with Crippen LogP contribution in [0.1, 0.15) is 5.69 Å². The first-order valence-electron chi connectivity index (χ1n) is 3.06. The van der Waals surface area contributed by atoms with Gasteiger partial charge in [-0.2, -0.15) is 13.2 Å². The van der Waals surface area contributed by atoms with Crippen LogP contribution in [0.5, 0.6) is 0 Å². The molecule has 0 atom stereocenters. The number of alkyl halides is 3. The molecule has 13 heavy (non-hydrogen) atoms. The summed E-state index contributed by atoms with van der Waals surface area (Å²) >= 11 is 0. The van der Waals surface area contributed by atoms with Crippen LogP contribution >= 0.6 is 0 Å². The highest BCUT2D eigenvalue weighted by atomic mass is 19.4. The molecule has 0 bridgehead atoms. The minimum atomic E-state index is -4.57. The molecule has 1 rings (SSSR count). The second-order valence-corrected chi connectivity index (χ2v) is 2.03. The van der Waals surface area contributed by atoms with Crippen LogP contribution in [-0.2, 0) is 6.18 Å². The molecular formula is C4H4BF3N2O3. The molecular weight excluding hydrogens is 192 g/mol. The highest BCUT2D eigenvalue weighted by molar-refractivity contribution is 6.32. The number of aromatic nitrogens is 2. The van der Waals surface area contributed by atoms with Crippen molar-refractivity contribution < 1.29 is 28.0 Å². The Morgan fingerprint density at radius 2 is 2.08 bits per heavy atom. The maximum Gasteiger partial charge on any atom is 0.729 e. The number of rotatable bonds is 2. The van der Waals surface area contributed by atoms with Crippen molar-refractivity contribution in [2.24, 2.45) is 0 Å². The third-order valence-corrected chi connectivity index (χ3v) is 1.06. The van der Waals surface area contributed by atoms with E-state index in [-0.39, 0.29) is 0 Å². The number of hydrogen-bond donors (Lipinski definition) is 2. The molecule has 0 radical (unpaired) electrons. The summed E-state index contributed by atoms with van der Waals surface area (Å²) in [5.41, 5.74) is -1.17. The standard InChI is InChI=1S/C4H4BF3N2O3/c6-4(7,8)3-1-2-10(9-3)13-5(11)12/h1-2,11-12H. The van der Waals surface area contributed by atoms with Crippen molar-refractivity contribution in [2.75, 3.05) is 0 Å². The van der Waals surface area contributed by atoms with E-state index in [1.807, 2.05) is 0 Å². The summed E-state index contributed by atoms with van der Waals surface area (Å²) in [5, 5.41) is 19.3. The van der Waals surface area contributed by atoms with Crippen molar-refractivity contribution in [1.82, 2.24) is 9.94 Å². The summed E-state index contributed by atoms with van der Waals surface area (Å²) < 4.78 is 39.7. The monoisotopic (exact) mass is 196 g/mol. The largest absolute Gasteiger partial charge is 0.729 e. The van der Waals surface area contributed by atoms with Crippen LogP contribution < -0.4 is 4.76 Å². The molecule has 0 aliphatic rings. The highest BCUT2D eigenvalue weighted by Gasteiger charge is 2.34. The summed E-state index contributed by atoms with van der Waals surface area (Å²) in [4.78, 5) is 0.313. The zero-order valence-corrected chi connectivity index (χ0v) is 6.06. The fourth-order valence-electron chi connectivity index (χ4n) is 0.614. The predicted octanol–water partition coefficient (Wildman–Crippen LogP) is -0.700. The molecule has 0 amide bonds. The second kappa shape index (κ2) is 3.26. The van der Waals surface area contributed by atoms with E-state index in [1.165, 1.54) is 0 Å². The van der Waals surface area contributed by atoms with Gasteiger partial charge in [0.15, 0.2) is 5.69 Å². The fourth-order valence-corrected chi connectivity index (χ4v) is 0.614. The molecule has 2 N–H and O–H groups in total. The summed E-state index contributed by atoms with van der Waals surface area (Å²) in [6.07, 6.45) is -3.77. The lowest BCUT2D eigenvalue weighted by Crippen LogP contribution is -2.30. The lowest BCUT2D eigenvalue weighted by Gasteiger charge is -2.03. The SMILES string of the molecule is OB(O)On1ccc(C(F)(F)F)n1. The number of nitrogens with zero attached hydrogens (tertiary/aromatic N) is 2. The van der Waals surface area contributed by atoms with Gasteiger partial charge < -0.3 is 14.8 Å². The van der Waals surface area contributed by atoms with E-state index in [0.717, 1.165) is 6.20 Å². The maximum atomic E-state index is 11.9. The van der Waals surface area contributed by atoms with Crippen LogP contribution in [0, 0.1) is 0 Å². The average Bonchev–Trinajstić information content (AvgIpc) is 2.32. The molecule has 0 saturated heterocycles. The molecule has 1 aromatic heterocycles. The predicted molar refractivity (Wildman–Crippen MR) is 34.0 cm³/mol. The first kappa shape index (κ1) is 9.87. The Labute approximate surface area is 70.5 Å². The molecule has 1 aromatic rings. The third-order valence-electron chi connectivity index (χ3n) is 1.06. The van der Waals surface area contributed by atoms with Crippen LogP contribution in [0.15, 0.2) is 12.3 Å². The minimum absolute atomic E-state index is 0.313. The van der Waals surface area contributed by atoms with Crippen LogP contribution in [0.3, 0.4) is 0 Å². The molecule has 1 heterocycles. The maximum absolute atomic E-state index is 11.9. The van der Waals surface area contributed by atoms with Gasteiger partial charge in [0.25, 0.3) is 0 Å². The first-order chi connectivity index (χ1) is 5.89. The number of halogens is 3. The molecule has 0 spiro atoms. The molecule has 0 unspecified atom stereocenters. The van der Waals surface area contributed by atoms with Gasteiger partial charge >= 0.3 is 13.5 Å². The van der Waals surface area contributed by atoms with Gasteiger partial charge in [-0.3, -0.25) is 0 Å². The Morgan fingerprint density at radius 3 is 2.46 bits per heavy atom. The van der Waals surface area contributed by atoms with Crippen molar-refractivity contribution in [2.45, 2.75) is 6.18 Å². The van der Waals surface area contributed by atoms with E-state index in [9.17, 15) is 13.2 Å². The summed E-state index contributed by atoms with van der Waals surface area (Å²) in [5.74, 6) is 0. The summed E-state index contributed by atoms with van der Waals surface area (Å²) in [7, 11) is -2.21. The first-order valence-corrected chi connectivity index (χ1v) is 3.06. The molecule has 0 aliphatic heterocycles. The van der Waals surface area contributed by atoms with E-state index < -0.39 is 19.2 Å². The zero-order valence-electron chi connectivity index (χ0n) is 6.06. The molecule has 0 saturated carbocycles. The summed E-state index contributed by atoms with van der Waals surface area (Å²) in [6, 6.07) is 0.641. The molecule has 72 valence electrons. The quantitative estimate of drug-likeness (QED) is 0.613. The molecule has 0 aliphatic carbocycles. The Balaban J connectivity index is 2.75. The molecule has 0 fully saturated rings. The van der Waals surface area contributed by atoms with E-state index in [4.69, 9.17) is 10.0 Å². The van der Waals surface area contributed by atoms with Crippen molar-refractivity contribution in [1.29, 1.82) is 0 Å². The second-order valence-electron chi connectivity index (χ2n) is 2.03. The lowest BCUT2D eigenvalue weighted by atomic mass is 10.3. The summed E-state index contributed by atoms with van der Waals surface area (Å²) in [6.45, 7) is 0. The average molecular weight is 196 g/mol. The molecule has 0 aromatic carbocycles. The fraction of sp³-hybridized carbons (Fsp3) is 0.250. The minimum Gasteiger partial charge on any atom is -0.405 e. The lowest BCUT2D eigenvalue weighted by molar-refractivity contribution is -0.142. The van der Waals surface area contributed by atoms with Gasteiger partial charge in [-0.15, -0.1) is 9.94 Å². The zero-order chi connectivity index (χ0) is 10.1. The molecule has 9 heteroatoms. The van der Waals surface area contributed by atoms with Gasteiger partial charge in [-0.05, 0) is 6.07 Å². The van der Waals surface area contributed by atoms with Gasteiger partial charge in [-0.25, -0.2) is 0 Å². The van der Waals surface area contributed by atoms with Crippen LogP contribution in [0.4, 0.5) is 13.2 Å². The van der Waals surface area contributed by atoms with E-state index in [1.54, 1.807) is 0 Å². The normalized spacial score (nSPS) is 11.5. The van der Waals surface area contributed by atoms with Gasteiger partial charge in [0, 0.05) is 0 Å².